The molecule has 0 amide bonds. The highest BCUT2D eigenvalue weighted by atomic mass is 32.2. The van der Waals surface area contributed by atoms with Gasteiger partial charge in [-0.3, -0.25) is 0 Å². The van der Waals surface area contributed by atoms with E-state index in [1.165, 1.54) is 13.0 Å². The number of hydrogen-bond acceptors (Lipinski definition) is 4. The second-order valence-corrected chi connectivity index (χ2v) is 4.19. The van der Waals surface area contributed by atoms with Crippen molar-refractivity contribution >= 4 is 11.8 Å². The monoisotopic (exact) mass is 195 g/mol. The zero-order chi connectivity index (χ0) is 8.93. The topological polar surface area (TPSA) is 37.8 Å². The van der Waals surface area contributed by atoms with Crippen molar-refractivity contribution in [1.29, 1.82) is 0 Å². The van der Waals surface area contributed by atoms with Gasteiger partial charge in [-0.05, 0) is 31.5 Å². The molecule has 0 bridgehead atoms. The molecule has 1 saturated heterocycles. The lowest BCUT2D eigenvalue weighted by Gasteiger charge is -2.05. The molecule has 0 aromatic carbocycles. The zero-order valence-corrected chi connectivity index (χ0v) is 8.26. The molecule has 1 aliphatic rings. The molecule has 1 unspecified atom stereocenters. The van der Waals surface area contributed by atoms with Crippen molar-refractivity contribution in [2.24, 2.45) is 5.92 Å². The molecular formula is C9H13N3S. The lowest BCUT2D eigenvalue weighted by atomic mass is 10.2. The van der Waals surface area contributed by atoms with E-state index in [-0.39, 0.29) is 0 Å². The van der Waals surface area contributed by atoms with E-state index in [4.69, 9.17) is 0 Å². The van der Waals surface area contributed by atoms with Gasteiger partial charge in [0, 0.05) is 18.1 Å². The molecule has 2 heterocycles. The van der Waals surface area contributed by atoms with Crippen LogP contribution in [0.15, 0.2) is 23.6 Å². The van der Waals surface area contributed by atoms with Crippen LogP contribution in [0.5, 0.6) is 0 Å². The molecule has 1 atom stereocenters. The molecule has 0 spiro atoms. The molecule has 13 heavy (non-hydrogen) atoms. The smallest absolute Gasteiger partial charge is 0.187 e. The Labute approximate surface area is 82.4 Å². The predicted molar refractivity (Wildman–Crippen MR) is 53.7 cm³/mol. The molecule has 70 valence electrons. The maximum atomic E-state index is 4.17. The average Bonchev–Trinajstić information content (AvgIpc) is 2.69. The van der Waals surface area contributed by atoms with Gasteiger partial charge in [-0.15, -0.1) is 0 Å². The fourth-order valence-electron chi connectivity index (χ4n) is 1.41. The van der Waals surface area contributed by atoms with E-state index in [1.807, 2.05) is 6.07 Å². The van der Waals surface area contributed by atoms with Gasteiger partial charge < -0.3 is 5.32 Å². The number of thioether (sulfide) groups is 1. The van der Waals surface area contributed by atoms with Crippen molar-refractivity contribution in [1.82, 2.24) is 15.3 Å². The van der Waals surface area contributed by atoms with Gasteiger partial charge >= 0.3 is 0 Å². The third-order valence-corrected chi connectivity index (χ3v) is 3.26. The SMILES string of the molecule is c1cnc(SCC2CCNC2)nc1. The molecule has 1 aromatic rings. The van der Waals surface area contributed by atoms with Crippen LogP contribution in [-0.4, -0.2) is 28.8 Å². The highest BCUT2D eigenvalue weighted by Gasteiger charge is 2.14. The highest BCUT2D eigenvalue weighted by Crippen LogP contribution is 2.19. The van der Waals surface area contributed by atoms with E-state index in [1.54, 1.807) is 24.2 Å². The second kappa shape index (κ2) is 4.58. The van der Waals surface area contributed by atoms with Crippen molar-refractivity contribution in [3.63, 3.8) is 0 Å². The van der Waals surface area contributed by atoms with Crippen LogP contribution >= 0.6 is 11.8 Å². The molecule has 1 aliphatic heterocycles. The maximum Gasteiger partial charge on any atom is 0.187 e. The summed E-state index contributed by atoms with van der Waals surface area (Å²) in [6, 6.07) is 1.85. The van der Waals surface area contributed by atoms with Gasteiger partial charge in [0.15, 0.2) is 5.16 Å². The van der Waals surface area contributed by atoms with Crippen LogP contribution in [0.25, 0.3) is 0 Å². The Hall–Kier alpha value is -0.610. The number of nitrogens with one attached hydrogen (secondary N) is 1. The van der Waals surface area contributed by atoms with E-state index >= 15 is 0 Å². The second-order valence-electron chi connectivity index (χ2n) is 3.20. The van der Waals surface area contributed by atoms with Gasteiger partial charge in [-0.25, -0.2) is 9.97 Å². The lowest BCUT2D eigenvalue weighted by Crippen LogP contribution is -2.10. The third kappa shape index (κ3) is 2.67. The van der Waals surface area contributed by atoms with Crippen LogP contribution in [0.3, 0.4) is 0 Å². The number of nitrogens with zero attached hydrogens (tertiary/aromatic N) is 2. The van der Waals surface area contributed by atoms with Crippen LogP contribution in [0.1, 0.15) is 6.42 Å². The van der Waals surface area contributed by atoms with Gasteiger partial charge in [0.2, 0.25) is 0 Å². The van der Waals surface area contributed by atoms with Gasteiger partial charge in [-0.1, -0.05) is 11.8 Å². The molecule has 1 fully saturated rings. The van der Waals surface area contributed by atoms with Crippen molar-refractivity contribution in [3.05, 3.63) is 18.5 Å². The summed E-state index contributed by atoms with van der Waals surface area (Å²) < 4.78 is 0. The summed E-state index contributed by atoms with van der Waals surface area (Å²) in [4.78, 5) is 8.34. The van der Waals surface area contributed by atoms with Gasteiger partial charge in [0.05, 0.1) is 0 Å². The first kappa shape index (κ1) is 8.97. The first-order chi connectivity index (χ1) is 6.45. The van der Waals surface area contributed by atoms with E-state index in [2.05, 4.69) is 15.3 Å². The van der Waals surface area contributed by atoms with E-state index in [0.717, 1.165) is 23.4 Å². The first-order valence-electron chi connectivity index (χ1n) is 4.55. The Balaban J connectivity index is 1.79. The Morgan fingerprint density at radius 1 is 1.46 bits per heavy atom. The Bertz CT molecular complexity index is 246. The summed E-state index contributed by atoms with van der Waals surface area (Å²) in [6.07, 6.45) is 4.88. The molecule has 2 rings (SSSR count). The minimum atomic E-state index is 0.800. The molecule has 1 N–H and O–H groups in total. The number of hydrogen-bond donors (Lipinski definition) is 1. The molecular weight excluding hydrogens is 182 g/mol. The van der Waals surface area contributed by atoms with E-state index in [9.17, 15) is 0 Å². The van der Waals surface area contributed by atoms with Crippen LogP contribution in [0.2, 0.25) is 0 Å². The Morgan fingerprint density at radius 2 is 2.31 bits per heavy atom. The van der Waals surface area contributed by atoms with Crippen molar-refractivity contribution in [2.75, 3.05) is 18.8 Å². The summed E-state index contributed by atoms with van der Waals surface area (Å²) in [5.74, 6) is 1.94. The molecule has 1 aromatic heterocycles. The standard InChI is InChI=1S/C9H13N3S/c1-3-11-9(12-4-1)13-7-8-2-5-10-6-8/h1,3-4,8,10H,2,5-7H2. The largest absolute Gasteiger partial charge is 0.316 e. The molecule has 0 radical (unpaired) electrons. The van der Waals surface area contributed by atoms with Gasteiger partial charge in [0.25, 0.3) is 0 Å². The average molecular weight is 195 g/mol. The normalized spacial score (nSPS) is 22.0. The molecule has 3 nitrogen and oxygen atoms in total. The van der Waals surface area contributed by atoms with Gasteiger partial charge in [0.1, 0.15) is 0 Å². The quantitative estimate of drug-likeness (QED) is 0.580. The van der Waals surface area contributed by atoms with Crippen molar-refractivity contribution < 1.29 is 0 Å². The molecule has 4 heteroatoms. The van der Waals surface area contributed by atoms with Crippen LogP contribution in [0, 0.1) is 5.92 Å². The summed E-state index contributed by atoms with van der Waals surface area (Å²) in [5.41, 5.74) is 0. The van der Waals surface area contributed by atoms with E-state index < -0.39 is 0 Å². The predicted octanol–water partition coefficient (Wildman–Crippen LogP) is 1.18. The number of aromatic nitrogens is 2. The molecule has 0 saturated carbocycles. The Kier molecular flexibility index (Phi) is 3.16. The summed E-state index contributed by atoms with van der Waals surface area (Å²) in [6.45, 7) is 2.32. The third-order valence-electron chi connectivity index (χ3n) is 2.15. The summed E-state index contributed by atoms with van der Waals surface area (Å²) >= 11 is 1.76. The first-order valence-corrected chi connectivity index (χ1v) is 5.54. The Morgan fingerprint density at radius 3 is 3.00 bits per heavy atom. The van der Waals surface area contributed by atoms with Crippen molar-refractivity contribution in [3.8, 4) is 0 Å². The number of rotatable bonds is 3. The minimum Gasteiger partial charge on any atom is -0.316 e. The van der Waals surface area contributed by atoms with Crippen LogP contribution < -0.4 is 5.32 Å². The summed E-state index contributed by atoms with van der Waals surface area (Å²) in [7, 11) is 0. The van der Waals surface area contributed by atoms with Crippen LogP contribution in [-0.2, 0) is 0 Å². The maximum absolute atomic E-state index is 4.17. The van der Waals surface area contributed by atoms with E-state index in [0.29, 0.717) is 0 Å². The fraction of sp³-hybridized carbons (Fsp3) is 0.556. The lowest BCUT2D eigenvalue weighted by molar-refractivity contribution is 0.661. The molecule has 0 aliphatic carbocycles. The summed E-state index contributed by atoms with van der Waals surface area (Å²) in [5, 5.41) is 4.25. The fourth-order valence-corrected chi connectivity index (χ4v) is 2.35. The van der Waals surface area contributed by atoms with Gasteiger partial charge in [-0.2, -0.15) is 0 Å². The van der Waals surface area contributed by atoms with Crippen LogP contribution in [0.4, 0.5) is 0 Å². The zero-order valence-electron chi connectivity index (χ0n) is 7.44. The minimum absolute atomic E-state index is 0.800. The highest BCUT2D eigenvalue weighted by molar-refractivity contribution is 7.99. The van der Waals surface area contributed by atoms with Crippen molar-refractivity contribution in [2.45, 2.75) is 11.6 Å².